The van der Waals surface area contributed by atoms with Crippen molar-refractivity contribution in [2.75, 3.05) is 20.3 Å². The number of amides is 1. The van der Waals surface area contributed by atoms with E-state index in [2.05, 4.69) is 0 Å². The Labute approximate surface area is 138 Å². The zero-order valence-corrected chi connectivity index (χ0v) is 13.1. The van der Waals surface area contributed by atoms with Crippen LogP contribution in [0.2, 0.25) is 0 Å². The van der Waals surface area contributed by atoms with Crippen molar-refractivity contribution >= 4 is 11.7 Å². The van der Waals surface area contributed by atoms with Gasteiger partial charge in [-0.25, -0.2) is 0 Å². The summed E-state index contributed by atoms with van der Waals surface area (Å²) in [6.07, 6.45) is 1.38. The number of aliphatic hydroxyl groups excluding tert-OH is 1. The third-order valence-electron chi connectivity index (χ3n) is 3.94. The highest BCUT2D eigenvalue weighted by molar-refractivity contribution is 6.14. The number of ether oxygens (including phenoxy) is 1. The van der Waals surface area contributed by atoms with Gasteiger partial charge in [-0.05, 0) is 17.7 Å². The number of benzene rings is 1. The zero-order chi connectivity index (χ0) is 17.1. The van der Waals surface area contributed by atoms with Crippen molar-refractivity contribution in [1.29, 1.82) is 0 Å². The van der Waals surface area contributed by atoms with Gasteiger partial charge in [-0.1, -0.05) is 30.3 Å². The standard InChI is InChI=1S/C18H17NO5/c1-23-11-9-19-15(12-6-3-2-4-7-12)14(17(21)18(19)22)16(20)13-8-5-10-24-13/h2-8,10,15,21H,9,11H2,1H3/t15-/m1/s1. The maximum Gasteiger partial charge on any atom is 0.290 e. The van der Waals surface area contributed by atoms with E-state index in [9.17, 15) is 14.7 Å². The van der Waals surface area contributed by atoms with Crippen LogP contribution in [0.3, 0.4) is 0 Å². The highest BCUT2D eigenvalue weighted by Gasteiger charge is 2.44. The molecule has 6 nitrogen and oxygen atoms in total. The van der Waals surface area contributed by atoms with Crippen molar-refractivity contribution in [3.63, 3.8) is 0 Å². The number of ketones is 1. The van der Waals surface area contributed by atoms with Crippen molar-refractivity contribution in [1.82, 2.24) is 4.90 Å². The maximum absolute atomic E-state index is 12.7. The van der Waals surface area contributed by atoms with E-state index in [0.29, 0.717) is 6.61 Å². The molecule has 0 bridgehead atoms. The van der Waals surface area contributed by atoms with Crippen LogP contribution in [0.15, 0.2) is 64.5 Å². The monoisotopic (exact) mass is 327 g/mol. The molecule has 0 saturated carbocycles. The Morgan fingerprint density at radius 1 is 1.25 bits per heavy atom. The molecule has 1 aromatic carbocycles. The number of nitrogens with zero attached hydrogens (tertiary/aromatic N) is 1. The normalized spacial score (nSPS) is 17.6. The van der Waals surface area contributed by atoms with Crippen LogP contribution in [0.25, 0.3) is 0 Å². The van der Waals surface area contributed by atoms with Gasteiger partial charge in [0.25, 0.3) is 5.91 Å². The highest BCUT2D eigenvalue weighted by atomic mass is 16.5. The van der Waals surface area contributed by atoms with Crippen molar-refractivity contribution < 1.29 is 23.8 Å². The molecule has 1 atom stereocenters. The Morgan fingerprint density at radius 3 is 2.62 bits per heavy atom. The molecule has 0 saturated heterocycles. The zero-order valence-electron chi connectivity index (χ0n) is 13.1. The fourth-order valence-electron chi connectivity index (χ4n) is 2.83. The lowest BCUT2D eigenvalue weighted by atomic mass is 9.95. The van der Waals surface area contributed by atoms with Crippen LogP contribution in [0.5, 0.6) is 0 Å². The number of furan rings is 1. The molecule has 2 aromatic rings. The number of carbonyl (C=O) groups is 2. The fraction of sp³-hybridized carbons (Fsp3) is 0.222. The minimum atomic E-state index is -0.675. The molecular weight excluding hydrogens is 310 g/mol. The first-order valence-corrected chi connectivity index (χ1v) is 7.51. The minimum Gasteiger partial charge on any atom is -0.503 e. The average molecular weight is 327 g/mol. The lowest BCUT2D eigenvalue weighted by Gasteiger charge is -2.26. The molecule has 1 amide bonds. The summed E-state index contributed by atoms with van der Waals surface area (Å²) < 4.78 is 10.2. The fourth-order valence-corrected chi connectivity index (χ4v) is 2.83. The molecule has 6 heteroatoms. The van der Waals surface area contributed by atoms with Crippen molar-refractivity contribution in [3.05, 3.63) is 71.4 Å². The lowest BCUT2D eigenvalue weighted by Crippen LogP contribution is -2.33. The third kappa shape index (κ3) is 2.72. The Bertz CT molecular complexity index is 764. The first-order valence-electron chi connectivity index (χ1n) is 7.51. The summed E-state index contributed by atoms with van der Waals surface area (Å²) in [6, 6.07) is 11.5. The molecule has 124 valence electrons. The van der Waals surface area contributed by atoms with E-state index >= 15 is 0 Å². The first-order chi connectivity index (χ1) is 11.6. The second-order valence-corrected chi connectivity index (χ2v) is 5.37. The summed E-state index contributed by atoms with van der Waals surface area (Å²) in [5.41, 5.74) is 0.762. The highest BCUT2D eigenvalue weighted by Crippen LogP contribution is 2.38. The molecule has 1 N–H and O–H groups in total. The third-order valence-corrected chi connectivity index (χ3v) is 3.94. The summed E-state index contributed by atoms with van der Waals surface area (Å²) in [5.74, 6) is -1.55. The number of aliphatic hydroxyl groups is 1. The van der Waals surface area contributed by atoms with Gasteiger partial charge in [0.05, 0.1) is 24.5 Å². The van der Waals surface area contributed by atoms with E-state index in [4.69, 9.17) is 9.15 Å². The Balaban J connectivity index is 2.06. The van der Waals surface area contributed by atoms with Crippen LogP contribution in [-0.2, 0) is 9.53 Å². The van der Waals surface area contributed by atoms with Gasteiger partial charge in [0.2, 0.25) is 5.78 Å². The van der Waals surface area contributed by atoms with Gasteiger partial charge in [0.15, 0.2) is 11.5 Å². The molecule has 0 spiro atoms. The number of rotatable bonds is 6. The SMILES string of the molecule is COCCN1C(=O)C(O)=C(C(=O)c2ccco2)[C@H]1c1ccccc1. The molecule has 0 aliphatic carbocycles. The van der Waals surface area contributed by atoms with Crippen LogP contribution in [-0.4, -0.2) is 42.0 Å². The van der Waals surface area contributed by atoms with E-state index in [1.54, 1.807) is 6.07 Å². The van der Waals surface area contributed by atoms with E-state index in [-0.39, 0.29) is 17.9 Å². The molecule has 0 radical (unpaired) electrons. The van der Waals surface area contributed by atoms with Crippen molar-refractivity contribution in [2.45, 2.75) is 6.04 Å². The largest absolute Gasteiger partial charge is 0.503 e. The summed E-state index contributed by atoms with van der Waals surface area (Å²) in [4.78, 5) is 26.6. The molecule has 0 unspecified atom stereocenters. The molecule has 1 aromatic heterocycles. The Morgan fingerprint density at radius 2 is 2.00 bits per heavy atom. The minimum absolute atomic E-state index is 0.0252. The van der Waals surface area contributed by atoms with E-state index in [0.717, 1.165) is 5.56 Å². The number of hydrogen-bond donors (Lipinski definition) is 1. The van der Waals surface area contributed by atoms with Gasteiger partial charge in [-0.3, -0.25) is 9.59 Å². The summed E-state index contributed by atoms with van der Waals surface area (Å²) in [5, 5.41) is 10.3. The van der Waals surface area contributed by atoms with Gasteiger partial charge in [0.1, 0.15) is 0 Å². The summed E-state index contributed by atoms with van der Waals surface area (Å²) in [7, 11) is 1.53. The second kappa shape index (κ2) is 6.72. The summed E-state index contributed by atoms with van der Waals surface area (Å²) >= 11 is 0. The quantitative estimate of drug-likeness (QED) is 0.825. The van der Waals surface area contributed by atoms with Crippen LogP contribution in [0.4, 0.5) is 0 Å². The van der Waals surface area contributed by atoms with E-state index in [1.165, 1.54) is 24.3 Å². The lowest BCUT2D eigenvalue weighted by molar-refractivity contribution is -0.130. The number of hydrogen-bond acceptors (Lipinski definition) is 5. The van der Waals surface area contributed by atoms with Crippen LogP contribution < -0.4 is 0 Å². The molecular formula is C18H17NO5. The predicted molar refractivity (Wildman–Crippen MR) is 85.5 cm³/mol. The predicted octanol–water partition coefficient (Wildman–Crippen LogP) is 2.50. The number of carbonyl (C=O) groups excluding carboxylic acids is 2. The van der Waals surface area contributed by atoms with Gasteiger partial charge >= 0.3 is 0 Å². The molecule has 1 aliphatic rings. The number of Topliss-reactive ketones (excluding diaryl/α,β-unsaturated/α-hetero) is 1. The molecule has 24 heavy (non-hydrogen) atoms. The first kappa shape index (κ1) is 16.0. The molecule has 2 heterocycles. The maximum atomic E-state index is 12.7. The van der Waals surface area contributed by atoms with Crippen molar-refractivity contribution in [2.24, 2.45) is 0 Å². The van der Waals surface area contributed by atoms with Crippen LogP contribution in [0.1, 0.15) is 22.2 Å². The van der Waals surface area contributed by atoms with E-state index in [1.807, 2.05) is 30.3 Å². The van der Waals surface area contributed by atoms with E-state index < -0.39 is 23.5 Å². The Kier molecular flexibility index (Phi) is 4.48. The van der Waals surface area contributed by atoms with Gasteiger partial charge < -0.3 is 19.2 Å². The van der Waals surface area contributed by atoms with Gasteiger partial charge in [-0.15, -0.1) is 0 Å². The van der Waals surface area contributed by atoms with Crippen LogP contribution in [0, 0.1) is 0 Å². The van der Waals surface area contributed by atoms with Crippen LogP contribution >= 0.6 is 0 Å². The molecule has 3 rings (SSSR count). The molecule has 0 fully saturated rings. The summed E-state index contributed by atoms with van der Waals surface area (Å²) in [6.45, 7) is 0.554. The topological polar surface area (TPSA) is 80.0 Å². The smallest absolute Gasteiger partial charge is 0.290 e. The number of methoxy groups -OCH3 is 1. The van der Waals surface area contributed by atoms with Gasteiger partial charge in [0, 0.05) is 13.7 Å². The Hall–Kier alpha value is -2.86. The second-order valence-electron chi connectivity index (χ2n) is 5.37. The van der Waals surface area contributed by atoms with Crippen molar-refractivity contribution in [3.8, 4) is 0 Å². The average Bonchev–Trinajstić information content (AvgIpc) is 3.22. The van der Waals surface area contributed by atoms with Gasteiger partial charge in [-0.2, -0.15) is 0 Å². The molecule has 1 aliphatic heterocycles.